The van der Waals surface area contributed by atoms with Gasteiger partial charge in [0, 0.05) is 0 Å². The zero-order chi connectivity index (χ0) is 10.1. The van der Waals surface area contributed by atoms with Crippen LogP contribution >= 0.6 is 0 Å². The summed E-state index contributed by atoms with van der Waals surface area (Å²) in [7, 11) is 0. The predicted octanol–water partition coefficient (Wildman–Crippen LogP) is 4.12. The minimum Gasteiger partial charge on any atom is -0.0769 e. The third-order valence-electron chi connectivity index (χ3n) is 2.95. The van der Waals surface area contributed by atoms with Gasteiger partial charge >= 0.3 is 0 Å². The summed E-state index contributed by atoms with van der Waals surface area (Å²) >= 11 is 0. The van der Waals surface area contributed by atoms with Crippen molar-refractivity contribution < 1.29 is 0 Å². The van der Waals surface area contributed by atoms with Gasteiger partial charge in [-0.2, -0.15) is 0 Å². The second-order valence-electron chi connectivity index (χ2n) is 4.06. The standard InChI is InChI=1S/C14H16/c1-10-6-4-5-7-13(10)14-11(2)8-9-12(14)3/h4-8H,9H2,1-3H3. The highest BCUT2D eigenvalue weighted by Crippen LogP contribution is 2.35. The molecule has 2 rings (SSSR count). The Kier molecular flexibility index (Phi) is 2.28. The molecule has 0 bridgehead atoms. The first-order chi connectivity index (χ1) is 6.70. The number of aryl methyl sites for hydroxylation is 1. The van der Waals surface area contributed by atoms with Crippen LogP contribution in [0.25, 0.3) is 5.57 Å². The Morgan fingerprint density at radius 2 is 1.71 bits per heavy atom. The second kappa shape index (κ2) is 3.45. The molecular formula is C14H16. The molecule has 72 valence electrons. The van der Waals surface area contributed by atoms with Crippen molar-refractivity contribution in [3.8, 4) is 0 Å². The first-order valence-corrected chi connectivity index (χ1v) is 5.13. The summed E-state index contributed by atoms with van der Waals surface area (Å²) in [5, 5.41) is 0. The first kappa shape index (κ1) is 9.26. The lowest BCUT2D eigenvalue weighted by molar-refractivity contribution is 1.25. The van der Waals surface area contributed by atoms with Crippen LogP contribution in [0.3, 0.4) is 0 Å². The van der Waals surface area contributed by atoms with Crippen molar-refractivity contribution in [3.05, 3.63) is 52.6 Å². The molecule has 0 saturated heterocycles. The molecule has 0 fully saturated rings. The molecule has 0 heterocycles. The lowest BCUT2D eigenvalue weighted by atomic mass is 9.95. The summed E-state index contributed by atoms with van der Waals surface area (Å²) in [5.74, 6) is 0. The van der Waals surface area contributed by atoms with Gasteiger partial charge in [-0.15, -0.1) is 0 Å². The molecule has 0 nitrogen and oxygen atoms in total. The fourth-order valence-electron chi connectivity index (χ4n) is 2.14. The molecule has 0 radical (unpaired) electrons. The summed E-state index contributed by atoms with van der Waals surface area (Å²) in [6.45, 7) is 6.62. The average Bonchev–Trinajstić information content (AvgIpc) is 2.48. The van der Waals surface area contributed by atoms with E-state index in [-0.39, 0.29) is 0 Å². The zero-order valence-corrected chi connectivity index (χ0v) is 9.09. The number of hydrogen-bond donors (Lipinski definition) is 0. The fourth-order valence-corrected chi connectivity index (χ4v) is 2.14. The van der Waals surface area contributed by atoms with E-state index in [4.69, 9.17) is 0 Å². The van der Waals surface area contributed by atoms with Gasteiger partial charge in [-0.3, -0.25) is 0 Å². The molecule has 14 heavy (non-hydrogen) atoms. The number of benzene rings is 1. The van der Waals surface area contributed by atoms with E-state index in [9.17, 15) is 0 Å². The monoisotopic (exact) mass is 184 g/mol. The van der Waals surface area contributed by atoms with Crippen LogP contribution in [0.2, 0.25) is 0 Å². The Bertz CT molecular complexity index is 419. The molecule has 0 spiro atoms. The summed E-state index contributed by atoms with van der Waals surface area (Å²) in [4.78, 5) is 0. The molecular weight excluding hydrogens is 168 g/mol. The summed E-state index contributed by atoms with van der Waals surface area (Å²) < 4.78 is 0. The van der Waals surface area contributed by atoms with Crippen molar-refractivity contribution in [3.63, 3.8) is 0 Å². The van der Waals surface area contributed by atoms with E-state index in [2.05, 4.69) is 51.1 Å². The first-order valence-electron chi connectivity index (χ1n) is 5.13. The van der Waals surface area contributed by atoms with Crippen LogP contribution in [-0.2, 0) is 0 Å². The lowest BCUT2D eigenvalue weighted by Crippen LogP contribution is -1.89. The van der Waals surface area contributed by atoms with E-state index >= 15 is 0 Å². The van der Waals surface area contributed by atoms with Crippen molar-refractivity contribution in [2.24, 2.45) is 0 Å². The summed E-state index contributed by atoms with van der Waals surface area (Å²) in [6.07, 6.45) is 3.44. The van der Waals surface area contributed by atoms with Gasteiger partial charge in [-0.1, -0.05) is 35.9 Å². The van der Waals surface area contributed by atoms with Crippen molar-refractivity contribution in [1.29, 1.82) is 0 Å². The maximum Gasteiger partial charge on any atom is -0.0126 e. The molecule has 0 aliphatic heterocycles. The molecule has 0 amide bonds. The highest BCUT2D eigenvalue weighted by Gasteiger charge is 2.13. The normalized spacial score (nSPS) is 16.1. The van der Waals surface area contributed by atoms with Gasteiger partial charge in [0.15, 0.2) is 0 Å². The Hall–Kier alpha value is -1.30. The molecule has 1 aliphatic rings. The number of hydrogen-bond acceptors (Lipinski definition) is 0. The molecule has 1 aromatic carbocycles. The second-order valence-corrected chi connectivity index (χ2v) is 4.06. The van der Waals surface area contributed by atoms with Crippen molar-refractivity contribution in [2.75, 3.05) is 0 Å². The van der Waals surface area contributed by atoms with E-state index in [0.717, 1.165) is 6.42 Å². The maximum atomic E-state index is 2.32. The molecule has 0 heteroatoms. The lowest BCUT2D eigenvalue weighted by Gasteiger charge is -2.10. The Morgan fingerprint density at radius 3 is 2.29 bits per heavy atom. The van der Waals surface area contributed by atoms with Crippen molar-refractivity contribution in [2.45, 2.75) is 27.2 Å². The minimum atomic E-state index is 1.12. The van der Waals surface area contributed by atoms with Crippen molar-refractivity contribution in [1.82, 2.24) is 0 Å². The molecule has 0 aromatic heterocycles. The summed E-state index contributed by atoms with van der Waals surface area (Å²) in [5.41, 5.74) is 7.16. The minimum absolute atomic E-state index is 1.12. The van der Waals surface area contributed by atoms with Crippen molar-refractivity contribution >= 4 is 5.57 Å². The van der Waals surface area contributed by atoms with Gasteiger partial charge in [-0.05, 0) is 49.5 Å². The SMILES string of the molecule is CC1=CCC(C)=C1c1ccccc1C. The number of rotatable bonds is 1. The van der Waals surface area contributed by atoms with Crippen LogP contribution < -0.4 is 0 Å². The topological polar surface area (TPSA) is 0 Å². The maximum absolute atomic E-state index is 2.32. The van der Waals surface area contributed by atoms with Gasteiger partial charge < -0.3 is 0 Å². The number of allylic oxidation sites excluding steroid dienone is 4. The van der Waals surface area contributed by atoms with Crippen LogP contribution in [0, 0.1) is 6.92 Å². The summed E-state index contributed by atoms with van der Waals surface area (Å²) in [6, 6.07) is 8.62. The zero-order valence-electron chi connectivity index (χ0n) is 9.09. The van der Waals surface area contributed by atoms with E-state index in [1.165, 1.54) is 27.8 Å². The van der Waals surface area contributed by atoms with Gasteiger partial charge in [0.2, 0.25) is 0 Å². The Labute approximate surface area is 86.0 Å². The average molecular weight is 184 g/mol. The highest BCUT2D eigenvalue weighted by atomic mass is 14.2. The predicted molar refractivity (Wildman–Crippen MR) is 62.1 cm³/mol. The van der Waals surface area contributed by atoms with Gasteiger partial charge in [0.05, 0.1) is 0 Å². The highest BCUT2D eigenvalue weighted by molar-refractivity contribution is 5.84. The smallest absolute Gasteiger partial charge is 0.0126 e. The molecule has 0 N–H and O–H groups in total. The Morgan fingerprint density at radius 1 is 1.00 bits per heavy atom. The van der Waals surface area contributed by atoms with Crippen LogP contribution in [0.4, 0.5) is 0 Å². The van der Waals surface area contributed by atoms with Crippen LogP contribution in [0.5, 0.6) is 0 Å². The third-order valence-corrected chi connectivity index (χ3v) is 2.95. The van der Waals surface area contributed by atoms with Gasteiger partial charge in [0.1, 0.15) is 0 Å². The Balaban J connectivity index is 2.56. The molecule has 1 aromatic rings. The van der Waals surface area contributed by atoms with E-state index < -0.39 is 0 Å². The van der Waals surface area contributed by atoms with Gasteiger partial charge in [-0.25, -0.2) is 0 Å². The van der Waals surface area contributed by atoms with Gasteiger partial charge in [0.25, 0.3) is 0 Å². The van der Waals surface area contributed by atoms with E-state index in [1.807, 2.05) is 0 Å². The largest absolute Gasteiger partial charge is 0.0769 e. The fraction of sp³-hybridized carbons (Fsp3) is 0.286. The van der Waals surface area contributed by atoms with Crippen LogP contribution in [0.1, 0.15) is 31.4 Å². The third kappa shape index (κ3) is 1.41. The molecule has 0 saturated carbocycles. The molecule has 0 atom stereocenters. The van der Waals surface area contributed by atoms with Crippen LogP contribution in [0.15, 0.2) is 41.5 Å². The molecule has 0 unspecified atom stereocenters. The quantitative estimate of drug-likeness (QED) is 0.616. The molecule has 1 aliphatic carbocycles. The van der Waals surface area contributed by atoms with E-state index in [1.54, 1.807) is 0 Å². The van der Waals surface area contributed by atoms with Crippen LogP contribution in [-0.4, -0.2) is 0 Å². The van der Waals surface area contributed by atoms with E-state index in [0.29, 0.717) is 0 Å².